The van der Waals surface area contributed by atoms with Gasteiger partial charge in [0, 0.05) is 18.7 Å². The molecule has 1 aromatic rings. The number of carbonyl (C=O) groups excluding carboxylic acids is 1. The van der Waals surface area contributed by atoms with Crippen LogP contribution in [0.2, 0.25) is 0 Å². The van der Waals surface area contributed by atoms with Crippen LogP contribution in [-0.4, -0.2) is 30.3 Å². The second kappa shape index (κ2) is 5.19. The van der Waals surface area contributed by atoms with Crippen molar-refractivity contribution in [3.63, 3.8) is 0 Å². The first-order chi connectivity index (χ1) is 8.16. The molecule has 4 heteroatoms. The van der Waals surface area contributed by atoms with Crippen LogP contribution in [0.3, 0.4) is 0 Å². The first-order valence-corrected chi connectivity index (χ1v) is 5.86. The summed E-state index contributed by atoms with van der Waals surface area (Å²) >= 11 is 0. The number of aromatic hydroxyl groups is 1. The van der Waals surface area contributed by atoms with Crippen LogP contribution >= 0.6 is 0 Å². The molecule has 1 saturated heterocycles. The maximum atomic E-state index is 11.8. The standard InChI is InChI=1S/C13H17NO3/c1-9-7-10(4-5-12(9)15)13(16)14-8-11-3-2-6-17-11/h4-5,7,11,15H,2-3,6,8H2,1H3,(H,14,16). The molecule has 0 radical (unpaired) electrons. The summed E-state index contributed by atoms with van der Waals surface area (Å²) in [4.78, 5) is 11.8. The zero-order chi connectivity index (χ0) is 12.3. The summed E-state index contributed by atoms with van der Waals surface area (Å²) in [5.41, 5.74) is 1.27. The van der Waals surface area contributed by atoms with Crippen molar-refractivity contribution >= 4 is 5.91 Å². The third-order valence-electron chi connectivity index (χ3n) is 2.97. The van der Waals surface area contributed by atoms with Crippen LogP contribution in [0.1, 0.15) is 28.8 Å². The van der Waals surface area contributed by atoms with E-state index in [0.717, 1.165) is 19.4 Å². The number of aryl methyl sites for hydroxylation is 1. The van der Waals surface area contributed by atoms with Gasteiger partial charge in [0.25, 0.3) is 5.91 Å². The molecule has 1 aromatic carbocycles. The van der Waals surface area contributed by atoms with Crippen LogP contribution in [0.5, 0.6) is 5.75 Å². The number of ether oxygens (including phenoxy) is 1. The quantitative estimate of drug-likeness (QED) is 0.836. The predicted molar refractivity (Wildman–Crippen MR) is 64.2 cm³/mol. The van der Waals surface area contributed by atoms with Crippen molar-refractivity contribution in [1.82, 2.24) is 5.32 Å². The largest absolute Gasteiger partial charge is 0.508 e. The Labute approximate surface area is 101 Å². The lowest BCUT2D eigenvalue weighted by atomic mass is 10.1. The zero-order valence-corrected chi connectivity index (χ0v) is 9.90. The number of hydrogen-bond donors (Lipinski definition) is 2. The lowest BCUT2D eigenvalue weighted by Gasteiger charge is -2.11. The lowest BCUT2D eigenvalue weighted by Crippen LogP contribution is -2.31. The van der Waals surface area contributed by atoms with Gasteiger partial charge in [-0.15, -0.1) is 0 Å². The molecule has 1 heterocycles. The topological polar surface area (TPSA) is 58.6 Å². The summed E-state index contributed by atoms with van der Waals surface area (Å²) in [6.45, 7) is 3.11. The molecule has 1 unspecified atom stereocenters. The van der Waals surface area contributed by atoms with E-state index in [-0.39, 0.29) is 17.8 Å². The molecule has 4 nitrogen and oxygen atoms in total. The number of nitrogens with one attached hydrogen (secondary N) is 1. The van der Waals surface area contributed by atoms with Crippen molar-refractivity contribution in [3.8, 4) is 5.75 Å². The molecule has 1 amide bonds. The van der Waals surface area contributed by atoms with Gasteiger partial charge in [0.2, 0.25) is 0 Å². The summed E-state index contributed by atoms with van der Waals surface area (Å²) < 4.78 is 5.43. The molecular weight excluding hydrogens is 218 g/mol. The van der Waals surface area contributed by atoms with Gasteiger partial charge in [0.05, 0.1) is 6.10 Å². The van der Waals surface area contributed by atoms with Gasteiger partial charge in [0.1, 0.15) is 5.75 Å². The van der Waals surface area contributed by atoms with Gasteiger partial charge in [-0.1, -0.05) is 0 Å². The maximum absolute atomic E-state index is 11.8. The first-order valence-electron chi connectivity index (χ1n) is 5.86. The molecule has 1 aliphatic rings. The highest BCUT2D eigenvalue weighted by Gasteiger charge is 2.16. The Morgan fingerprint density at radius 2 is 2.41 bits per heavy atom. The normalized spacial score (nSPS) is 19.2. The summed E-state index contributed by atoms with van der Waals surface area (Å²) in [5.74, 6) is 0.0873. The predicted octanol–water partition coefficient (Wildman–Crippen LogP) is 1.61. The van der Waals surface area contributed by atoms with Crippen LogP contribution in [-0.2, 0) is 4.74 Å². The summed E-state index contributed by atoms with van der Waals surface area (Å²) in [7, 11) is 0. The van der Waals surface area contributed by atoms with E-state index >= 15 is 0 Å². The minimum Gasteiger partial charge on any atom is -0.508 e. The number of benzene rings is 1. The number of phenolic OH excluding ortho intramolecular Hbond substituents is 1. The summed E-state index contributed by atoms with van der Waals surface area (Å²) in [6, 6.07) is 4.84. The van der Waals surface area contributed by atoms with Crippen LogP contribution in [0.25, 0.3) is 0 Å². The van der Waals surface area contributed by atoms with Crippen molar-refractivity contribution in [1.29, 1.82) is 0 Å². The smallest absolute Gasteiger partial charge is 0.251 e. The Kier molecular flexibility index (Phi) is 3.64. The van der Waals surface area contributed by atoms with Crippen molar-refractivity contribution in [2.24, 2.45) is 0 Å². The van der Waals surface area contributed by atoms with E-state index < -0.39 is 0 Å². The van der Waals surface area contributed by atoms with E-state index in [1.54, 1.807) is 19.1 Å². The molecule has 0 aromatic heterocycles. The molecule has 0 saturated carbocycles. The van der Waals surface area contributed by atoms with E-state index in [0.29, 0.717) is 17.7 Å². The minimum atomic E-state index is -0.122. The van der Waals surface area contributed by atoms with Gasteiger partial charge in [0.15, 0.2) is 0 Å². The van der Waals surface area contributed by atoms with E-state index in [1.165, 1.54) is 6.07 Å². The second-order valence-electron chi connectivity index (χ2n) is 4.35. The van der Waals surface area contributed by atoms with Gasteiger partial charge >= 0.3 is 0 Å². The summed E-state index contributed by atoms with van der Waals surface area (Å²) in [6.07, 6.45) is 2.23. The van der Waals surface area contributed by atoms with E-state index in [2.05, 4.69) is 5.32 Å². The molecule has 2 rings (SSSR count). The average molecular weight is 235 g/mol. The molecule has 2 N–H and O–H groups in total. The van der Waals surface area contributed by atoms with Gasteiger partial charge in [-0.05, 0) is 43.5 Å². The summed E-state index contributed by atoms with van der Waals surface area (Å²) in [5, 5.41) is 12.2. The van der Waals surface area contributed by atoms with Crippen molar-refractivity contribution in [2.75, 3.05) is 13.2 Å². The second-order valence-corrected chi connectivity index (χ2v) is 4.35. The van der Waals surface area contributed by atoms with Crippen molar-refractivity contribution in [3.05, 3.63) is 29.3 Å². The van der Waals surface area contributed by atoms with E-state index in [1.807, 2.05) is 0 Å². The van der Waals surface area contributed by atoms with Gasteiger partial charge in [-0.25, -0.2) is 0 Å². The fourth-order valence-electron chi connectivity index (χ4n) is 1.91. The molecule has 1 aliphatic heterocycles. The number of phenols is 1. The SMILES string of the molecule is Cc1cc(C(=O)NCC2CCCO2)ccc1O. The Bertz CT molecular complexity index is 411. The van der Waals surface area contributed by atoms with Crippen LogP contribution in [0, 0.1) is 6.92 Å². The van der Waals surface area contributed by atoms with Crippen LogP contribution in [0.4, 0.5) is 0 Å². The molecule has 17 heavy (non-hydrogen) atoms. The molecule has 1 fully saturated rings. The highest BCUT2D eigenvalue weighted by molar-refractivity contribution is 5.94. The minimum absolute atomic E-state index is 0.122. The zero-order valence-electron chi connectivity index (χ0n) is 9.90. The number of hydrogen-bond acceptors (Lipinski definition) is 3. The lowest BCUT2D eigenvalue weighted by molar-refractivity contribution is 0.0857. The Hall–Kier alpha value is -1.55. The number of rotatable bonds is 3. The highest BCUT2D eigenvalue weighted by atomic mass is 16.5. The number of amides is 1. The Morgan fingerprint density at radius 1 is 1.59 bits per heavy atom. The molecule has 0 spiro atoms. The van der Waals surface area contributed by atoms with Crippen LogP contribution < -0.4 is 5.32 Å². The third-order valence-corrected chi connectivity index (χ3v) is 2.97. The molecule has 1 atom stereocenters. The maximum Gasteiger partial charge on any atom is 0.251 e. The molecule has 0 aliphatic carbocycles. The van der Waals surface area contributed by atoms with Crippen molar-refractivity contribution in [2.45, 2.75) is 25.9 Å². The fraction of sp³-hybridized carbons (Fsp3) is 0.462. The monoisotopic (exact) mass is 235 g/mol. The highest BCUT2D eigenvalue weighted by Crippen LogP contribution is 2.17. The van der Waals surface area contributed by atoms with E-state index in [4.69, 9.17) is 4.74 Å². The van der Waals surface area contributed by atoms with Crippen molar-refractivity contribution < 1.29 is 14.6 Å². The first kappa shape index (κ1) is 11.9. The van der Waals surface area contributed by atoms with Crippen LogP contribution in [0.15, 0.2) is 18.2 Å². The van der Waals surface area contributed by atoms with E-state index in [9.17, 15) is 9.90 Å². The third kappa shape index (κ3) is 2.97. The molecular formula is C13H17NO3. The fourth-order valence-corrected chi connectivity index (χ4v) is 1.91. The number of carbonyl (C=O) groups is 1. The van der Waals surface area contributed by atoms with Gasteiger partial charge in [-0.2, -0.15) is 0 Å². The molecule has 0 bridgehead atoms. The molecule has 92 valence electrons. The average Bonchev–Trinajstić information content (AvgIpc) is 2.82. The Morgan fingerprint density at radius 3 is 3.06 bits per heavy atom. The van der Waals surface area contributed by atoms with Gasteiger partial charge < -0.3 is 15.2 Å². The van der Waals surface area contributed by atoms with Gasteiger partial charge in [-0.3, -0.25) is 4.79 Å². The Balaban J connectivity index is 1.92.